The van der Waals surface area contributed by atoms with E-state index in [1.54, 1.807) is 16.6 Å². The van der Waals surface area contributed by atoms with E-state index in [-0.39, 0.29) is 5.91 Å². The van der Waals surface area contributed by atoms with Gasteiger partial charge in [-0.3, -0.25) is 4.79 Å². The van der Waals surface area contributed by atoms with Crippen molar-refractivity contribution in [1.82, 2.24) is 25.1 Å². The molecule has 6 nitrogen and oxygen atoms in total. The predicted octanol–water partition coefficient (Wildman–Crippen LogP) is 3.34. The van der Waals surface area contributed by atoms with Crippen molar-refractivity contribution in [1.29, 1.82) is 0 Å². The number of carbonyl (C=O) groups is 1. The van der Waals surface area contributed by atoms with Gasteiger partial charge in [-0.05, 0) is 37.0 Å². The standard InChI is InChI=1S/C15H13Cl2N5OS/c16-10-4-3-8(11(17)7-10)5-6-18-13(23)14-21-22-12(9-1-2-9)19-20-15(22)24-14/h3-4,7,9H,1-2,5-6H2,(H,18,23). The summed E-state index contributed by atoms with van der Waals surface area (Å²) in [6.07, 6.45) is 2.85. The quantitative estimate of drug-likeness (QED) is 0.735. The summed E-state index contributed by atoms with van der Waals surface area (Å²) >= 11 is 13.2. The molecule has 4 rings (SSSR count). The average Bonchev–Trinajstić information content (AvgIpc) is 3.17. The van der Waals surface area contributed by atoms with E-state index in [9.17, 15) is 4.79 Å². The zero-order valence-electron chi connectivity index (χ0n) is 12.5. The smallest absolute Gasteiger partial charge is 0.282 e. The lowest BCUT2D eigenvalue weighted by atomic mass is 10.1. The first kappa shape index (κ1) is 15.8. The number of nitrogens with one attached hydrogen (secondary N) is 1. The van der Waals surface area contributed by atoms with Gasteiger partial charge >= 0.3 is 0 Å². The van der Waals surface area contributed by atoms with Crippen LogP contribution in [0.4, 0.5) is 0 Å². The van der Waals surface area contributed by atoms with Crippen LogP contribution in [0.3, 0.4) is 0 Å². The number of carbonyl (C=O) groups excluding carboxylic acids is 1. The van der Waals surface area contributed by atoms with Gasteiger partial charge in [0.05, 0.1) is 0 Å². The van der Waals surface area contributed by atoms with Crippen LogP contribution in [-0.2, 0) is 6.42 Å². The second-order valence-electron chi connectivity index (χ2n) is 5.68. The van der Waals surface area contributed by atoms with E-state index < -0.39 is 0 Å². The number of rotatable bonds is 5. The summed E-state index contributed by atoms with van der Waals surface area (Å²) in [7, 11) is 0. The van der Waals surface area contributed by atoms with Crippen molar-refractivity contribution in [3.8, 4) is 0 Å². The Labute approximate surface area is 151 Å². The fourth-order valence-electron chi connectivity index (χ4n) is 2.43. The number of nitrogens with zero attached hydrogens (tertiary/aromatic N) is 4. The molecule has 3 aromatic rings. The fraction of sp³-hybridized carbons (Fsp3) is 0.333. The summed E-state index contributed by atoms with van der Waals surface area (Å²) in [5, 5.41) is 17.0. The Bertz CT molecular complexity index is 918. The van der Waals surface area contributed by atoms with Crippen molar-refractivity contribution >= 4 is 45.4 Å². The third kappa shape index (κ3) is 3.11. The zero-order valence-corrected chi connectivity index (χ0v) is 14.8. The molecular formula is C15H13Cl2N5OS. The van der Waals surface area contributed by atoms with Gasteiger partial charge in [-0.15, -0.1) is 15.3 Å². The number of halogens is 2. The highest BCUT2D eigenvalue weighted by Crippen LogP contribution is 2.39. The third-order valence-electron chi connectivity index (χ3n) is 3.85. The van der Waals surface area contributed by atoms with Gasteiger partial charge in [-0.1, -0.05) is 40.6 Å². The van der Waals surface area contributed by atoms with Crippen LogP contribution in [0.1, 0.15) is 39.9 Å². The number of fused-ring (bicyclic) bond motifs is 1. The molecule has 2 heterocycles. The summed E-state index contributed by atoms with van der Waals surface area (Å²) in [6, 6.07) is 5.34. The number of benzene rings is 1. The lowest BCUT2D eigenvalue weighted by Gasteiger charge is -2.05. The third-order valence-corrected chi connectivity index (χ3v) is 5.33. The highest BCUT2D eigenvalue weighted by molar-refractivity contribution is 7.18. The highest BCUT2D eigenvalue weighted by Gasteiger charge is 2.30. The Morgan fingerprint density at radius 3 is 2.92 bits per heavy atom. The lowest BCUT2D eigenvalue weighted by Crippen LogP contribution is -2.25. The fourth-order valence-corrected chi connectivity index (χ4v) is 3.70. The minimum Gasteiger partial charge on any atom is -0.350 e. The van der Waals surface area contributed by atoms with Crippen LogP contribution in [0.5, 0.6) is 0 Å². The van der Waals surface area contributed by atoms with E-state index in [0.29, 0.717) is 38.9 Å². The van der Waals surface area contributed by atoms with Gasteiger partial charge in [-0.25, -0.2) is 0 Å². The molecule has 0 saturated heterocycles. The molecule has 0 unspecified atom stereocenters. The van der Waals surface area contributed by atoms with Gasteiger partial charge in [0.1, 0.15) is 0 Å². The second-order valence-corrected chi connectivity index (χ2v) is 7.48. The molecule has 0 atom stereocenters. The molecule has 2 aromatic heterocycles. The summed E-state index contributed by atoms with van der Waals surface area (Å²) in [4.78, 5) is 12.9. The van der Waals surface area contributed by atoms with Crippen LogP contribution in [0.2, 0.25) is 10.0 Å². The normalized spacial score (nSPS) is 14.2. The maximum atomic E-state index is 12.3. The molecule has 1 aliphatic rings. The lowest BCUT2D eigenvalue weighted by molar-refractivity contribution is 0.0952. The van der Waals surface area contributed by atoms with Gasteiger partial charge in [0.2, 0.25) is 9.97 Å². The van der Waals surface area contributed by atoms with E-state index in [1.807, 2.05) is 6.07 Å². The van der Waals surface area contributed by atoms with E-state index in [1.165, 1.54) is 11.3 Å². The molecule has 0 aliphatic heterocycles. The summed E-state index contributed by atoms with van der Waals surface area (Å²) in [5.41, 5.74) is 0.940. The zero-order chi connectivity index (χ0) is 16.7. The van der Waals surface area contributed by atoms with Crippen molar-refractivity contribution in [2.45, 2.75) is 25.2 Å². The van der Waals surface area contributed by atoms with Gasteiger partial charge in [0.15, 0.2) is 5.82 Å². The first-order valence-electron chi connectivity index (χ1n) is 7.56. The first-order valence-corrected chi connectivity index (χ1v) is 9.13. The van der Waals surface area contributed by atoms with Gasteiger partial charge < -0.3 is 5.32 Å². The largest absolute Gasteiger partial charge is 0.350 e. The van der Waals surface area contributed by atoms with Crippen molar-refractivity contribution in [2.24, 2.45) is 0 Å². The molecule has 0 radical (unpaired) electrons. The van der Waals surface area contributed by atoms with Crippen LogP contribution in [-0.4, -0.2) is 32.3 Å². The van der Waals surface area contributed by atoms with E-state index in [4.69, 9.17) is 23.2 Å². The minimum atomic E-state index is -0.211. The van der Waals surface area contributed by atoms with Gasteiger partial charge in [0.25, 0.3) is 5.91 Å². The molecule has 1 aromatic carbocycles. The SMILES string of the molecule is O=C(NCCc1ccc(Cl)cc1Cl)c1nn2c(C3CC3)nnc2s1. The molecule has 0 bridgehead atoms. The molecule has 9 heteroatoms. The van der Waals surface area contributed by atoms with Crippen LogP contribution in [0.15, 0.2) is 18.2 Å². The van der Waals surface area contributed by atoms with Crippen LogP contribution in [0, 0.1) is 0 Å². The molecule has 124 valence electrons. The molecule has 1 amide bonds. The molecule has 1 aliphatic carbocycles. The Kier molecular flexibility index (Phi) is 4.15. The minimum absolute atomic E-state index is 0.211. The average molecular weight is 382 g/mol. The first-order chi connectivity index (χ1) is 11.6. The topological polar surface area (TPSA) is 72.2 Å². The number of hydrogen-bond acceptors (Lipinski definition) is 5. The Morgan fingerprint density at radius 1 is 1.33 bits per heavy atom. The van der Waals surface area contributed by atoms with Crippen molar-refractivity contribution < 1.29 is 4.79 Å². The number of hydrogen-bond donors (Lipinski definition) is 1. The van der Waals surface area contributed by atoms with Gasteiger partial charge in [-0.2, -0.15) is 4.52 Å². The second kappa shape index (κ2) is 6.31. The molecule has 1 N–H and O–H groups in total. The maximum Gasteiger partial charge on any atom is 0.282 e. The number of aromatic nitrogens is 4. The predicted molar refractivity (Wildman–Crippen MR) is 93.1 cm³/mol. The van der Waals surface area contributed by atoms with Crippen molar-refractivity contribution in [3.05, 3.63) is 44.6 Å². The monoisotopic (exact) mass is 381 g/mol. The molecular weight excluding hydrogens is 369 g/mol. The summed E-state index contributed by atoms with van der Waals surface area (Å²) in [6.45, 7) is 0.468. The van der Waals surface area contributed by atoms with E-state index in [0.717, 1.165) is 24.2 Å². The Hall–Kier alpha value is -1.70. The Morgan fingerprint density at radius 2 is 2.17 bits per heavy atom. The van der Waals surface area contributed by atoms with Crippen LogP contribution >= 0.6 is 34.5 Å². The molecule has 24 heavy (non-hydrogen) atoms. The molecule has 0 spiro atoms. The molecule has 1 saturated carbocycles. The van der Waals surface area contributed by atoms with Crippen LogP contribution < -0.4 is 5.32 Å². The summed E-state index contributed by atoms with van der Waals surface area (Å²) < 4.78 is 1.69. The van der Waals surface area contributed by atoms with Crippen LogP contribution in [0.25, 0.3) is 4.96 Å². The van der Waals surface area contributed by atoms with Crippen molar-refractivity contribution in [3.63, 3.8) is 0 Å². The van der Waals surface area contributed by atoms with Gasteiger partial charge in [0, 0.05) is 22.5 Å². The highest BCUT2D eigenvalue weighted by atomic mass is 35.5. The van der Waals surface area contributed by atoms with Crippen molar-refractivity contribution in [2.75, 3.05) is 6.54 Å². The van der Waals surface area contributed by atoms with E-state index >= 15 is 0 Å². The maximum absolute atomic E-state index is 12.3. The molecule has 1 fully saturated rings. The van der Waals surface area contributed by atoms with E-state index in [2.05, 4.69) is 20.6 Å². The Balaban J connectivity index is 1.41. The number of amides is 1. The summed E-state index contributed by atoms with van der Waals surface area (Å²) in [5.74, 6) is 1.08.